The summed E-state index contributed by atoms with van der Waals surface area (Å²) in [6.07, 6.45) is 0. The average molecular weight is 317 g/mol. The number of nitro groups is 1. The van der Waals surface area contributed by atoms with Gasteiger partial charge in [-0.25, -0.2) is 9.37 Å². The van der Waals surface area contributed by atoms with Crippen LogP contribution in [0.3, 0.4) is 0 Å². The quantitative estimate of drug-likeness (QED) is 0.485. The van der Waals surface area contributed by atoms with Crippen LogP contribution in [0.4, 0.5) is 10.1 Å². The van der Waals surface area contributed by atoms with E-state index < -0.39 is 16.4 Å². The van der Waals surface area contributed by atoms with Crippen LogP contribution in [0.2, 0.25) is 10.3 Å². The molecule has 0 N–H and O–H groups in total. The maximum atomic E-state index is 13.0. The smallest absolute Gasteiger partial charge is 0.313 e. The fourth-order valence-corrected chi connectivity index (χ4v) is 1.86. The number of ether oxygens (including phenoxy) is 1. The number of pyridine rings is 1. The highest BCUT2D eigenvalue weighted by molar-refractivity contribution is 6.32. The van der Waals surface area contributed by atoms with Gasteiger partial charge in [-0.15, -0.1) is 0 Å². The van der Waals surface area contributed by atoms with Gasteiger partial charge in [-0.05, 0) is 24.3 Å². The Bertz CT molecular complexity index is 667. The zero-order valence-electron chi connectivity index (χ0n) is 9.85. The summed E-state index contributed by atoms with van der Waals surface area (Å²) in [5, 5.41) is 11.2. The van der Waals surface area contributed by atoms with Crippen molar-refractivity contribution in [3.05, 3.63) is 62.1 Å². The molecule has 0 spiro atoms. The van der Waals surface area contributed by atoms with Crippen LogP contribution in [0.25, 0.3) is 0 Å². The Labute approximate surface area is 123 Å². The molecular formula is C12H7Cl2FN2O3. The molecule has 104 valence electrons. The Morgan fingerprint density at radius 1 is 1.30 bits per heavy atom. The Hall–Kier alpha value is -1.92. The lowest BCUT2D eigenvalue weighted by Crippen LogP contribution is -2.01. The predicted molar refractivity (Wildman–Crippen MR) is 71.6 cm³/mol. The molecule has 5 nitrogen and oxygen atoms in total. The van der Waals surface area contributed by atoms with Crippen molar-refractivity contribution < 1.29 is 14.1 Å². The maximum Gasteiger partial charge on any atom is 0.313 e. The molecule has 0 aliphatic heterocycles. The third-order valence-corrected chi connectivity index (χ3v) is 2.93. The van der Waals surface area contributed by atoms with E-state index in [1.54, 1.807) is 6.07 Å². The van der Waals surface area contributed by atoms with Gasteiger partial charge in [-0.2, -0.15) is 0 Å². The van der Waals surface area contributed by atoms with Gasteiger partial charge in [-0.1, -0.05) is 23.2 Å². The first-order valence-electron chi connectivity index (χ1n) is 5.35. The predicted octanol–water partition coefficient (Wildman–Crippen LogP) is 4.01. The van der Waals surface area contributed by atoms with Gasteiger partial charge in [0.15, 0.2) is 5.75 Å². The number of rotatable bonds is 4. The normalized spacial score (nSPS) is 10.3. The van der Waals surface area contributed by atoms with Crippen molar-refractivity contribution in [2.24, 2.45) is 0 Å². The number of nitrogens with zero attached hydrogens (tertiary/aromatic N) is 2. The number of hydrogen-bond acceptors (Lipinski definition) is 4. The number of nitro benzene ring substituents is 1. The molecule has 0 bridgehead atoms. The summed E-state index contributed by atoms with van der Waals surface area (Å²) in [7, 11) is 0. The van der Waals surface area contributed by atoms with Crippen LogP contribution in [0.15, 0.2) is 30.3 Å². The van der Waals surface area contributed by atoms with Crippen LogP contribution in [-0.2, 0) is 6.61 Å². The maximum absolute atomic E-state index is 13.0. The highest BCUT2D eigenvalue weighted by Gasteiger charge is 2.16. The summed E-state index contributed by atoms with van der Waals surface area (Å²) >= 11 is 11.5. The van der Waals surface area contributed by atoms with E-state index in [2.05, 4.69) is 4.98 Å². The lowest BCUT2D eigenvalue weighted by atomic mass is 10.2. The van der Waals surface area contributed by atoms with E-state index in [1.807, 2.05) is 0 Å². The van der Waals surface area contributed by atoms with Crippen molar-refractivity contribution in [2.75, 3.05) is 0 Å². The van der Waals surface area contributed by atoms with E-state index in [-0.39, 0.29) is 22.7 Å². The molecule has 0 radical (unpaired) electrons. The standard InChI is InChI=1S/C12H7Cl2FN2O3/c13-11-4-1-7(12(14)16-11)6-20-10-3-2-8(15)5-9(10)17(18)19/h1-5H,6H2. The minimum Gasteiger partial charge on any atom is -0.482 e. The first-order chi connectivity index (χ1) is 9.47. The van der Waals surface area contributed by atoms with Crippen molar-refractivity contribution in [1.29, 1.82) is 0 Å². The van der Waals surface area contributed by atoms with Gasteiger partial charge in [0.05, 0.1) is 11.0 Å². The van der Waals surface area contributed by atoms with E-state index in [0.29, 0.717) is 5.56 Å². The van der Waals surface area contributed by atoms with Crippen LogP contribution in [0, 0.1) is 15.9 Å². The minimum atomic E-state index is -0.722. The summed E-state index contributed by atoms with van der Waals surface area (Å²) in [6, 6.07) is 6.16. The van der Waals surface area contributed by atoms with Gasteiger partial charge in [0.2, 0.25) is 0 Å². The van der Waals surface area contributed by atoms with E-state index in [0.717, 1.165) is 12.1 Å². The highest BCUT2D eigenvalue weighted by Crippen LogP contribution is 2.29. The summed E-state index contributed by atoms with van der Waals surface area (Å²) < 4.78 is 18.3. The molecule has 1 heterocycles. The second kappa shape index (κ2) is 6.02. The number of halogens is 3. The van der Waals surface area contributed by atoms with Crippen molar-refractivity contribution in [3.8, 4) is 5.75 Å². The molecule has 8 heteroatoms. The van der Waals surface area contributed by atoms with Gasteiger partial charge in [0.1, 0.15) is 22.7 Å². The first kappa shape index (κ1) is 14.5. The molecule has 0 saturated heterocycles. The van der Waals surface area contributed by atoms with Crippen molar-refractivity contribution in [3.63, 3.8) is 0 Å². The molecule has 0 unspecified atom stereocenters. The van der Waals surface area contributed by atoms with Crippen molar-refractivity contribution >= 4 is 28.9 Å². The summed E-state index contributed by atoms with van der Waals surface area (Å²) in [5.41, 5.74) is 0.0535. The van der Waals surface area contributed by atoms with Gasteiger partial charge >= 0.3 is 5.69 Å². The van der Waals surface area contributed by atoms with Crippen LogP contribution >= 0.6 is 23.2 Å². The SMILES string of the molecule is O=[N+]([O-])c1cc(F)ccc1OCc1ccc(Cl)nc1Cl. The highest BCUT2D eigenvalue weighted by atomic mass is 35.5. The lowest BCUT2D eigenvalue weighted by molar-refractivity contribution is -0.386. The molecule has 2 rings (SSSR count). The fourth-order valence-electron chi connectivity index (χ4n) is 1.46. The molecule has 0 saturated carbocycles. The average Bonchev–Trinajstić information content (AvgIpc) is 2.38. The van der Waals surface area contributed by atoms with Gasteiger partial charge in [-0.3, -0.25) is 10.1 Å². The fraction of sp³-hybridized carbons (Fsp3) is 0.0833. The molecular weight excluding hydrogens is 310 g/mol. The zero-order valence-corrected chi connectivity index (χ0v) is 11.4. The van der Waals surface area contributed by atoms with Crippen molar-refractivity contribution in [2.45, 2.75) is 6.61 Å². The van der Waals surface area contributed by atoms with E-state index in [1.165, 1.54) is 12.1 Å². The lowest BCUT2D eigenvalue weighted by Gasteiger charge is -2.08. The monoisotopic (exact) mass is 316 g/mol. The first-order valence-corrected chi connectivity index (χ1v) is 6.10. The third-order valence-electron chi connectivity index (χ3n) is 2.39. The van der Waals surface area contributed by atoms with Crippen LogP contribution in [0.5, 0.6) is 5.75 Å². The van der Waals surface area contributed by atoms with E-state index >= 15 is 0 Å². The molecule has 0 atom stereocenters. The Balaban J connectivity index is 2.20. The molecule has 0 aliphatic rings. The van der Waals surface area contributed by atoms with Crippen LogP contribution < -0.4 is 4.74 Å². The Morgan fingerprint density at radius 3 is 2.70 bits per heavy atom. The topological polar surface area (TPSA) is 65.3 Å². The number of hydrogen-bond donors (Lipinski definition) is 0. The summed E-state index contributed by atoms with van der Waals surface area (Å²) in [4.78, 5) is 13.9. The number of benzene rings is 1. The van der Waals surface area contributed by atoms with E-state index in [9.17, 15) is 14.5 Å². The molecule has 2 aromatic rings. The van der Waals surface area contributed by atoms with Gasteiger partial charge in [0.25, 0.3) is 0 Å². The largest absolute Gasteiger partial charge is 0.482 e. The number of aromatic nitrogens is 1. The van der Waals surface area contributed by atoms with Gasteiger partial charge in [0, 0.05) is 5.56 Å². The molecule has 1 aromatic carbocycles. The molecule has 0 amide bonds. The minimum absolute atomic E-state index is 0.0462. The van der Waals surface area contributed by atoms with Gasteiger partial charge < -0.3 is 4.74 Å². The summed E-state index contributed by atoms with van der Waals surface area (Å²) in [6.45, 7) is -0.0462. The summed E-state index contributed by atoms with van der Waals surface area (Å²) in [5.74, 6) is -0.766. The second-order valence-corrected chi connectivity index (χ2v) is 4.49. The molecule has 0 fully saturated rings. The van der Waals surface area contributed by atoms with Crippen LogP contribution in [0.1, 0.15) is 5.56 Å². The second-order valence-electron chi connectivity index (χ2n) is 3.74. The Kier molecular flexibility index (Phi) is 4.36. The molecule has 1 aromatic heterocycles. The van der Waals surface area contributed by atoms with Crippen LogP contribution in [-0.4, -0.2) is 9.91 Å². The Morgan fingerprint density at radius 2 is 2.05 bits per heavy atom. The molecule has 20 heavy (non-hydrogen) atoms. The van der Waals surface area contributed by atoms with E-state index in [4.69, 9.17) is 27.9 Å². The third kappa shape index (κ3) is 3.34. The molecule has 0 aliphatic carbocycles. The van der Waals surface area contributed by atoms with Crippen molar-refractivity contribution in [1.82, 2.24) is 4.98 Å². The zero-order chi connectivity index (χ0) is 14.7.